The number of sulfonamides is 1. The summed E-state index contributed by atoms with van der Waals surface area (Å²) in [7, 11) is -3.36. The van der Waals surface area contributed by atoms with Crippen LogP contribution >= 0.6 is 0 Å². The zero-order valence-corrected chi connectivity index (χ0v) is 20.5. The van der Waals surface area contributed by atoms with Gasteiger partial charge in [0.1, 0.15) is 11.7 Å². The lowest BCUT2D eigenvalue weighted by atomic mass is 10.1. The van der Waals surface area contributed by atoms with Gasteiger partial charge in [-0.05, 0) is 74.2 Å². The van der Waals surface area contributed by atoms with E-state index in [4.69, 9.17) is 0 Å². The molecule has 0 unspecified atom stereocenters. The number of nitrogens with zero attached hydrogens (tertiary/aromatic N) is 5. The second kappa shape index (κ2) is 8.46. The lowest BCUT2D eigenvalue weighted by molar-refractivity contribution is 0.0970. The quantitative estimate of drug-likeness (QED) is 0.384. The van der Waals surface area contributed by atoms with E-state index < -0.39 is 10.0 Å². The molecule has 10 heteroatoms. The number of ketones is 1. The first-order valence-electron chi connectivity index (χ1n) is 11.4. The first-order valence-corrected chi connectivity index (χ1v) is 13.0. The molecule has 0 atom stereocenters. The summed E-state index contributed by atoms with van der Waals surface area (Å²) in [4.78, 5) is 30.5. The van der Waals surface area contributed by atoms with Gasteiger partial charge in [-0.2, -0.15) is 5.10 Å². The summed E-state index contributed by atoms with van der Waals surface area (Å²) >= 11 is 0. The van der Waals surface area contributed by atoms with Crippen molar-refractivity contribution in [3.05, 3.63) is 81.5 Å². The third-order valence-corrected chi connectivity index (χ3v) is 8.05. The SMILES string of the molecule is CCS(=O)(=O)N1CCc2cc(C(=O)Cn3cnc4c(cnn4-c4cc(C)cc(C)c4)c3=O)ccc21. The number of benzene rings is 2. The van der Waals surface area contributed by atoms with Crippen LogP contribution in [0.5, 0.6) is 0 Å². The normalized spacial score (nSPS) is 13.4. The maximum atomic E-state index is 13.1. The van der Waals surface area contributed by atoms with Crippen molar-refractivity contribution in [2.45, 2.75) is 33.7 Å². The van der Waals surface area contributed by atoms with Crippen molar-refractivity contribution in [2.24, 2.45) is 0 Å². The highest BCUT2D eigenvalue weighted by atomic mass is 32.2. The lowest BCUT2D eigenvalue weighted by Crippen LogP contribution is -2.30. The second-order valence-corrected chi connectivity index (χ2v) is 11.0. The number of Topliss-reactive ketones (excluding diaryl/α,β-unsaturated/α-hetero) is 1. The molecule has 3 heterocycles. The molecule has 1 aliphatic heterocycles. The number of hydrogen-bond acceptors (Lipinski definition) is 6. The molecule has 4 aromatic rings. The van der Waals surface area contributed by atoms with Crippen molar-refractivity contribution >= 4 is 32.5 Å². The molecule has 0 aliphatic carbocycles. The fraction of sp³-hybridized carbons (Fsp3) is 0.280. The fourth-order valence-corrected chi connectivity index (χ4v) is 5.72. The van der Waals surface area contributed by atoms with E-state index in [-0.39, 0.29) is 23.6 Å². The maximum Gasteiger partial charge on any atom is 0.264 e. The number of carbonyl (C=O) groups is 1. The minimum absolute atomic E-state index is 0.0194. The smallest absolute Gasteiger partial charge is 0.264 e. The minimum atomic E-state index is -3.36. The van der Waals surface area contributed by atoms with Crippen LogP contribution in [0, 0.1) is 13.8 Å². The average molecular weight is 492 g/mol. The van der Waals surface area contributed by atoms with Crippen LogP contribution in [0.2, 0.25) is 0 Å². The molecule has 0 N–H and O–H groups in total. The van der Waals surface area contributed by atoms with Crippen LogP contribution in [0.1, 0.15) is 34.0 Å². The van der Waals surface area contributed by atoms with Crippen LogP contribution in [-0.2, 0) is 23.0 Å². The molecule has 0 saturated heterocycles. The molecular weight excluding hydrogens is 466 g/mol. The predicted octanol–water partition coefficient (Wildman–Crippen LogP) is 2.79. The van der Waals surface area contributed by atoms with Gasteiger partial charge >= 0.3 is 0 Å². The highest BCUT2D eigenvalue weighted by molar-refractivity contribution is 7.92. The van der Waals surface area contributed by atoms with Crippen LogP contribution in [0.15, 0.2) is 53.7 Å². The van der Waals surface area contributed by atoms with Crippen LogP contribution < -0.4 is 9.86 Å². The number of rotatable bonds is 6. The number of hydrogen-bond donors (Lipinski definition) is 0. The van der Waals surface area contributed by atoms with Gasteiger partial charge in [-0.3, -0.25) is 18.5 Å². The molecular formula is C25H25N5O4S. The van der Waals surface area contributed by atoms with Crippen molar-refractivity contribution in [1.29, 1.82) is 0 Å². The topological polar surface area (TPSA) is 107 Å². The van der Waals surface area contributed by atoms with Crippen molar-refractivity contribution in [1.82, 2.24) is 19.3 Å². The highest BCUT2D eigenvalue weighted by Crippen LogP contribution is 2.31. The third kappa shape index (κ3) is 4.03. The summed E-state index contributed by atoms with van der Waals surface area (Å²) in [6.07, 6.45) is 3.38. The largest absolute Gasteiger partial charge is 0.292 e. The summed E-state index contributed by atoms with van der Waals surface area (Å²) in [5.74, 6) is -0.236. The Bertz CT molecular complexity index is 1630. The fourth-order valence-electron chi connectivity index (χ4n) is 4.56. The molecule has 2 aromatic carbocycles. The van der Waals surface area contributed by atoms with E-state index in [1.54, 1.807) is 29.8 Å². The Kier molecular flexibility index (Phi) is 5.55. The van der Waals surface area contributed by atoms with Crippen LogP contribution in [0.25, 0.3) is 16.7 Å². The Morgan fingerprint density at radius 1 is 1.09 bits per heavy atom. The van der Waals surface area contributed by atoms with E-state index in [1.165, 1.54) is 21.4 Å². The van der Waals surface area contributed by atoms with Gasteiger partial charge in [0, 0.05) is 12.1 Å². The molecule has 0 fully saturated rings. The zero-order valence-electron chi connectivity index (χ0n) is 19.7. The second-order valence-electron chi connectivity index (χ2n) is 8.81. The monoisotopic (exact) mass is 491 g/mol. The summed E-state index contributed by atoms with van der Waals surface area (Å²) in [5.41, 5.74) is 4.90. The van der Waals surface area contributed by atoms with E-state index in [2.05, 4.69) is 16.1 Å². The maximum absolute atomic E-state index is 13.1. The summed E-state index contributed by atoms with van der Waals surface area (Å²) in [6, 6.07) is 11.0. The molecule has 2 aromatic heterocycles. The predicted molar refractivity (Wildman–Crippen MR) is 134 cm³/mol. The average Bonchev–Trinajstić information content (AvgIpc) is 3.45. The molecule has 0 amide bonds. The van der Waals surface area contributed by atoms with Crippen molar-refractivity contribution < 1.29 is 13.2 Å². The molecule has 9 nitrogen and oxygen atoms in total. The van der Waals surface area contributed by atoms with Crippen molar-refractivity contribution in [3.8, 4) is 5.69 Å². The third-order valence-electron chi connectivity index (χ3n) is 6.27. The van der Waals surface area contributed by atoms with Gasteiger partial charge in [0.15, 0.2) is 11.4 Å². The van der Waals surface area contributed by atoms with E-state index >= 15 is 0 Å². The molecule has 1 aliphatic rings. The summed E-state index contributed by atoms with van der Waals surface area (Å²) in [5, 5.41) is 4.69. The molecule has 35 heavy (non-hydrogen) atoms. The van der Waals surface area contributed by atoms with Gasteiger partial charge in [-0.25, -0.2) is 18.1 Å². The van der Waals surface area contributed by atoms with Crippen LogP contribution in [0.3, 0.4) is 0 Å². The van der Waals surface area contributed by atoms with E-state index in [1.807, 2.05) is 26.0 Å². The summed E-state index contributed by atoms with van der Waals surface area (Å²) < 4.78 is 28.9. The molecule has 0 spiro atoms. The number of aryl methyl sites for hydroxylation is 2. The number of fused-ring (bicyclic) bond motifs is 2. The van der Waals surface area contributed by atoms with Gasteiger partial charge in [-0.15, -0.1) is 0 Å². The molecule has 0 radical (unpaired) electrons. The van der Waals surface area contributed by atoms with Gasteiger partial charge in [0.05, 0.1) is 29.9 Å². The highest BCUT2D eigenvalue weighted by Gasteiger charge is 2.28. The van der Waals surface area contributed by atoms with E-state index in [0.29, 0.717) is 35.2 Å². The zero-order chi connectivity index (χ0) is 24.9. The lowest BCUT2D eigenvalue weighted by Gasteiger charge is -2.18. The van der Waals surface area contributed by atoms with Gasteiger partial charge in [-0.1, -0.05) is 6.07 Å². The Balaban J connectivity index is 1.43. The van der Waals surface area contributed by atoms with Crippen molar-refractivity contribution in [3.63, 3.8) is 0 Å². The Morgan fingerprint density at radius 3 is 2.54 bits per heavy atom. The van der Waals surface area contributed by atoms with E-state index in [9.17, 15) is 18.0 Å². The Hall–Kier alpha value is -3.79. The van der Waals surface area contributed by atoms with Gasteiger partial charge in [0.2, 0.25) is 10.0 Å². The van der Waals surface area contributed by atoms with Crippen LogP contribution in [-0.4, -0.2) is 45.8 Å². The molecule has 0 saturated carbocycles. The van der Waals surface area contributed by atoms with Gasteiger partial charge in [0.25, 0.3) is 5.56 Å². The standard InChI is InChI=1S/C25H25N5O4S/c1-4-35(33,34)29-8-7-18-12-19(5-6-22(18)29)23(31)14-28-15-26-24-21(25(28)32)13-27-30(24)20-10-16(2)9-17(3)11-20/h5-6,9-13,15H,4,7-8,14H2,1-3H3. The Labute approximate surface area is 202 Å². The number of carbonyl (C=O) groups excluding carboxylic acids is 1. The number of anilines is 1. The minimum Gasteiger partial charge on any atom is -0.292 e. The molecule has 5 rings (SSSR count). The summed E-state index contributed by atoms with van der Waals surface area (Å²) in [6.45, 7) is 5.79. The van der Waals surface area contributed by atoms with E-state index in [0.717, 1.165) is 22.4 Å². The first-order chi connectivity index (χ1) is 16.7. The number of aromatic nitrogens is 4. The Morgan fingerprint density at radius 2 is 1.83 bits per heavy atom. The molecule has 180 valence electrons. The van der Waals surface area contributed by atoms with Gasteiger partial charge < -0.3 is 0 Å². The van der Waals surface area contributed by atoms with Crippen LogP contribution in [0.4, 0.5) is 5.69 Å². The van der Waals surface area contributed by atoms with Crippen molar-refractivity contribution in [2.75, 3.05) is 16.6 Å². The first kappa shape index (κ1) is 23.0. The molecule has 0 bridgehead atoms.